The van der Waals surface area contributed by atoms with Crippen molar-refractivity contribution in [2.45, 2.75) is 17.4 Å². The van der Waals surface area contributed by atoms with Gasteiger partial charge in [-0.25, -0.2) is 4.39 Å². The quantitative estimate of drug-likeness (QED) is 0.477. The smallest absolute Gasteiger partial charge is 0.277 e. The monoisotopic (exact) mass is 362 g/mol. The van der Waals surface area contributed by atoms with Crippen molar-refractivity contribution in [2.24, 2.45) is 0 Å². The Morgan fingerprint density at radius 2 is 2.00 bits per heavy atom. The molecule has 0 amide bonds. The van der Waals surface area contributed by atoms with Gasteiger partial charge >= 0.3 is 0 Å². The summed E-state index contributed by atoms with van der Waals surface area (Å²) in [5.41, 5.74) is 0.738. The molecule has 1 aromatic heterocycles. The number of ketones is 1. The van der Waals surface area contributed by atoms with E-state index in [4.69, 9.17) is 16.0 Å². The topological polar surface area (TPSA) is 56.0 Å². The maximum atomic E-state index is 13.7. The normalized spacial score (nSPS) is 12.1. The van der Waals surface area contributed by atoms with Gasteiger partial charge in [0.1, 0.15) is 5.82 Å². The number of carbonyl (C=O) groups excluding carboxylic acids is 1. The Kier molecular flexibility index (Phi) is 4.97. The van der Waals surface area contributed by atoms with E-state index in [1.165, 1.54) is 6.07 Å². The number of thioether (sulfide) groups is 1. The van der Waals surface area contributed by atoms with Crippen LogP contribution in [0.4, 0.5) is 4.39 Å². The average Bonchev–Trinajstić information content (AvgIpc) is 3.02. The van der Waals surface area contributed by atoms with E-state index in [9.17, 15) is 9.18 Å². The Morgan fingerprint density at radius 3 is 2.75 bits per heavy atom. The molecule has 0 saturated heterocycles. The molecule has 0 unspecified atom stereocenters. The van der Waals surface area contributed by atoms with E-state index < -0.39 is 11.1 Å². The minimum atomic E-state index is -0.447. The molecule has 0 saturated carbocycles. The van der Waals surface area contributed by atoms with Crippen molar-refractivity contribution in [1.29, 1.82) is 0 Å². The second-order valence-corrected chi connectivity index (χ2v) is 6.72. The molecule has 0 fully saturated rings. The maximum Gasteiger partial charge on any atom is 0.277 e. The van der Waals surface area contributed by atoms with Gasteiger partial charge < -0.3 is 4.42 Å². The van der Waals surface area contributed by atoms with Crippen LogP contribution < -0.4 is 0 Å². The third-order valence-electron chi connectivity index (χ3n) is 3.27. The molecule has 24 heavy (non-hydrogen) atoms. The van der Waals surface area contributed by atoms with Gasteiger partial charge in [-0.1, -0.05) is 47.6 Å². The SMILES string of the molecule is C[C@H](Sc1nnc(-c2ccccc2F)o1)C(=O)c1cccc(Cl)c1. The molecule has 4 nitrogen and oxygen atoms in total. The van der Waals surface area contributed by atoms with Crippen molar-refractivity contribution >= 4 is 29.1 Å². The molecule has 2 aromatic carbocycles. The van der Waals surface area contributed by atoms with Gasteiger partial charge in [-0.2, -0.15) is 0 Å². The van der Waals surface area contributed by atoms with E-state index in [2.05, 4.69) is 10.2 Å². The van der Waals surface area contributed by atoms with Gasteiger partial charge in [-0.05, 0) is 31.2 Å². The van der Waals surface area contributed by atoms with Crippen molar-refractivity contribution in [2.75, 3.05) is 0 Å². The first-order valence-corrected chi connectivity index (χ1v) is 8.35. The Labute approximate surface area is 147 Å². The summed E-state index contributed by atoms with van der Waals surface area (Å²) in [7, 11) is 0. The number of hydrogen-bond acceptors (Lipinski definition) is 5. The number of carbonyl (C=O) groups is 1. The second kappa shape index (κ2) is 7.15. The molecule has 3 rings (SSSR count). The van der Waals surface area contributed by atoms with Crippen LogP contribution in [0.3, 0.4) is 0 Å². The summed E-state index contributed by atoms with van der Waals surface area (Å²) in [6.07, 6.45) is 0. The van der Waals surface area contributed by atoms with E-state index in [-0.39, 0.29) is 22.5 Å². The predicted molar refractivity (Wildman–Crippen MR) is 90.8 cm³/mol. The summed E-state index contributed by atoms with van der Waals surface area (Å²) < 4.78 is 19.2. The van der Waals surface area contributed by atoms with Gasteiger partial charge in [0, 0.05) is 10.6 Å². The first-order valence-electron chi connectivity index (χ1n) is 7.09. The summed E-state index contributed by atoms with van der Waals surface area (Å²) >= 11 is 7.02. The van der Waals surface area contributed by atoms with Crippen molar-refractivity contribution in [3.05, 3.63) is 64.9 Å². The van der Waals surface area contributed by atoms with Crippen molar-refractivity contribution < 1.29 is 13.6 Å². The zero-order valence-corrected chi connectivity index (χ0v) is 14.1. The van der Waals surface area contributed by atoms with E-state index in [1.54, 1.807) is 49.4 Å². The largest absolute Gasteiger partial charge is 0.411 e. The molecular formula is C17H12ClFN2O2S. The lowest BCUT2D eigenvalue weighted by Crippen LogP contribution is -2.13. The van der Waals surface area contributed by atoms with Crippen LogP contribution in [0.15, 0.2) is 58.2 Å². The highest BCUT2D eigenvalue weighted by Crippen LogP contribution is 2.29. The fourth-order valence-corrected chi connectivity index (χ4v) is 3.03. The van der Waals surface area contributed by atoms with E-state index >= 15 is 0 Å². The molecule has 0 radical (unpaired) electrons. The number of hydrogen-bond donors (Lipinski definition) is 0. The molecule has 3 aromatic rings. The fourth-order valence-electron chi connectivity index (χ4n) is 2.08. The fraction of sp³-hybridized carbons (Fsp3) is 0.118. The Bertz CT molecular complexity index is 884. The van der Waals surface area contributed by atoms with Crippen LogP contribution in [0.2, 0.25) is 5.02 Å². The van der Waals surface area contributed by atoms with Crippen LogP contribution in [0.25, 0.3) is 11.5 Å². The Balaban J connectivity index is 1.75. The first kappa shape index (κ1) is 16.7. The first-order chi connectivity index (χ1) is 11.5. The average molecular weight is 363 g/mol. The van der Waals surface area contributed by atoms with Crippen molar-refractivity contribution in [1.82, 2.24) is 10.2 Å². The van der Waals surface area contributed by atoms with E-state index in [0.29, 0.717) is 10.6 Å². The summed E-state index contributed by atoms with van der Waals surface area (Å²) in [5.74, 6) is -0.466. The van der Waals surface area contributed by atoms with Gasteiger partial charge in [-0.3, -0.25) is 4.79 Å². The van der Waals surface area contributed by atoms with Crippen molar-refractivity contribution in [3.63, 3.8) is 0 Å². The summed E-state index contributed by atoms with van der Waals surface area (Å²) in [6, 6.07) is 12.9. The number of aromatic nitrogens is 2. The zero-order valence-electron chi connectivity index (χ0n) is 12.6. The molecule has 1 heterocycles. The molecule has 0 bridgehead atoms. The molecule has 0 aliphatic carbocycles. The van der Waals surface area contributed by atoms with Crippen LogP contribution in [0, 0.1) is 5.82 Å². The Hall–Kier alpha value is -2.18. The molecule has 0 aliphatic rings. The van der Waals surface area contributed by atoms with E-state index in [0.717, 1.165) is 11.8 Å². The van der Waals surface area contributed by atoms with Crippen LogP contribution in [-0.4, -0.2) is 21.2 Å². The lowest BCUT2D eigenvalue weighted by atomic mass is 10.1. The van der Waals surface area contributed by atoms with Crippen LogP contribution in [-0.2, 0) is 0 Å². The highest BCUT2D eigenvalue weighted by molar-refractivity contribution is 8.00. The third-order valence-corrected chi connectivity index (χ3v) is 4.44. The number of Topliss-reactive ketones (excluding diaryl/α,β-unsaturated/α-hetero) is 1. The number of nitrogens with zero attached hydrogens (tertiary/aromatic N) is 2. The molecule has 0 aliphatic heterocycles. The minimum Gasteiger partial charge on any atom is -0.411 e. The lowest BCUT2D eigenvalue weighted by molar-refractivity contribution is 0.0993. The number of benzene rings is 2. The van der Waals surface area contributed by atoms with Crippen molar-refractivity contribution in [3.8, 4) is 11.5 Å². The van der Waals surface area contributed by atoms with E-state index in [1.807, 2.05) is 0 Å². The molecule has 0 N–H and O–H groups in total. The van der Waals surface area contributed by atoms with Crippen LogP contribution >= 0.6 is 23.4 Å². The zero-order chi connectivity index (χ0) is 17.1. The standard InChI is InChI=1S/C17H12ClFN2O2S/c1-10(15(22)11-5-4-6-12(18)9-11)24-17-21-20-16(23-17)13-7-2-3-8-14(13)19/h2-10H,1H3/t10-/m0/s1. The summed E-state index contributed by atoms with van der Waals surface area (Å²) in [4.78, 5) is 12.4. The molecule has 7 heteroatoms. The third kappa shape index (κ3) is 3.66. The van der Waals surface area contributed by atoms with Crippen LogP contribution in [0.5, 0.6) is 0 Å². The van der Waals surface area contributed by atoms with Gasteiger partial charge in [0.25, 0.3) is 11.1 Å². The number of halogens is 2. The maximum absolute atomic E-state index is 13.7. The van der Waals surface area contributed by atoms with Gasteiger partial charge in [-0.15, -0.1) is 10.2 Å². The second-order valence-electron chi connectivity index (χ2n) is 4.99. The van der Waals surface area contributed by atoms with Crippen LogP contribution in [0.1, 0.15) is 17.3 Å². The predicted octanol–water partition coefficient (Wildman–Crippen LogP) is 4.89. The summed E-state index contributed by atoms with van der Waals surface area (Å²) in [5, 5.41) is 7.96. The molecule has 122 valence electrons. The molecular weight excluding hydrogens is 351 g/mol. The number of rotatable bonds is 5. The lowest BCUT2D eigenvalue weighted by Gasteiger charge is -2.07. The minimum absolute atomic E-state index is 0.0815. The Morgan fingerprint density at radius 1 is 1.21 bits per heavy atom. The summed E-state index contributed by atoms with van der Waals surface area (Å²) in [6.45, 7) is 1.74. The highest BCUT2D eigenvalue weighted by atomic mass is 35.5. The highest BCUT2D eigenvalue weighted by Gasteiger charge is 2.21. The molecule has 0 spiro atoms. The van der Waals surface area contributed by atoms with Gasteiger partial charge in [0.15, 0.2) is 5.78 Å². The van der Waals surface area contributed by atoms with Gasteiger partial charge in [0.2, 0.25) is 0 Å². The van der Waals surface area contributed by atoms with Gasteiger partial charge in [0.05, 0.1) is 10.8 Å². The molecule has 1 atom stereocenters.